The minimum absolute atomic E-state index is 0.0294. The summed E-state index contributed by atoms with van der Waals surface area (Å²) < 4.78 is 5.58. The molecule has 0 fully saturated rings. The molecule has 5 heteroatoms. The molecular formula is C14H19NO4. The maximum Gasteiger partial charge on any atom is 0.305 e. The maximum atomic E-state index is 12.2. The predicted octanol–water partition coefficient (Wildman–Crippen LogP) is 2.02. The molecule has 1 amide bonds. The third-order valence-electron chi connectivity index (χ3n) is 2.49. The van der Waals surface area contributed by atoms with Gasteiger partial charge in [-0.3, -0.25) is 9.59 Å². The summed E-state index contributed by atoms with van der Waals surface area (Å²) in [5, 5.41) is 8.63. The number of aliphatic carboxylic acids is 1. The number of carbonyl (C=O) groups excluding carboxylic acids is 1. The second kappa shape index (κ2) is 6.78. The molecule has 0 aliphatic carbocycles. The molecule has 1 aromatic carbocycles. The number of carboxylic acid groups (broad SMARTS) is 1. The highest BCUT2D eigenvalue weighted by atomic mass is 16.5. The van der Waals surface area contributed by atoms with Crippen molar-refractivity contribution in [2.45, 2.75) is 26.4 Å². The van der Waals surface area contributed by atoms with E-state index in [0.29, 0.717) is 11.3 Å². The van der Waals surface area contributed by atoms with Crippen molar-refractivity contribution in [3.8, 4) is 5.75 Å². The topological polar surface area (TPSA) is 66.8 Å². The Morgan fingerprint density at radius 3 is 2.53 bits per heavy atom. The summed E-state index contributed by atoms with van der Waals surface area (Å²) in [6.07, 6.45) is -0.103. The summed E-state index contributed by atoms with van der Waals surface area (Å²) in [6, 6.07) is 6.97. The Hall–Kier alpha value is -2.04. The van der Waals surface area contributed by atoms with E-state index in [4.69, 9.17) is 9.84 Å². The number of carboxylic acids is 1. The van der Waals surface area contributed by atoms with Gasteiger partial charge in [0.2, 0.25) is 0 Å². The maximum absolute atomic E-state index is 12.2. The van der Waals surface area contributed by atoms with Gasteiger partial charge in [0.15, 0.2) is 0 Å². The van der Waals surface area contributed by atoms with Crippen molar-refractivity contribution in [2.75, 3.05) is 13.6 Å². The summed E-state index contributed by atoms with van der Waals surface area (Å²) in [5.41, 5.74) is 0.448. The largest absolute Gasteiger partial charge is 0.490 e. The van der Waals surface area contributed by atoms with Gasteiger partial charge >= 0.3 is 5.97 Å². The van der Waals surface area contributed by atoms with Crippen molar-refractivity contribution in [3.63, 3.8) is 0 Å². The van der Waals surface area contributed by atoms with Crippen LogP contribution >= 0.6 is 0 Å². The molecule has 1 rings (SSSR count). The summed E-state index contributed by atoms with van der Waals surface area (Å²) in [5.74, 6) is -0.645. The molecule has 0 aliphatic heterocycles. The Kier molecular flexibility index (Phi) is 5.36. The molecule has 0 aliphatic rings. The van der Waals surface area contributed by atoms with Crippen molar-refractivity contribution < 1.29 is 19.4 Å². The Bertz CT molecular complexity index is 457. The van der Waals surface area contributed by atoms with Gasteiger partial charge in [0.05, 0.1) is 18.1 Å². The van der Waals surface area contributed by atoms with Crippen LogP contribution in [-0.4, -0.2) is 41.6 Å². The van der Waals surface area contributed by atoms with Crippen LogP contribution in [0.25, 0.3) is 0 Å². The molecule has 104 valence electrons. The van der Waals surface area contributed by atoms with Crippen LogP contribution in [0.15, 0.2) is 24.3 Å². The first-order chi connectivity index (χ1) is 8.91. The summed E-state index contributed by atoms with van der Waals surface area (Å²) >= 11 is 0. The van der Waals surface area contributed by atoms with Crippen LogP contribution in [0.2, 0.25) is 0 Å². The van der Waals surface area contributed by atoms with Crippen LogP contribution in [0.3, 0.4) is 0 Å². The van der Waals surface area contributed by atoms with E-state index in [1.807, 2.05) is 13.8 Å². The fourth-order valence-corrected chi connectivity index (χ4v) is 1.57. The second-order valence-corrected chi connectivity index (χ2v) is 4.53. The number of carbonyl (C=O) groups is 2. The van der Waals surface area contributed by atoms with Crippen molar-refractivity contribution in [1.82, 2.24) is 4.90 Å². The van der Waals surface area contributed by atoms with Crippen molar-refractivity contribution >= 4 is 11.9 Å². The van der Waals surface area contributed by atoms with E-state index in [1.54, 1.807) is 31.3 Å². The Balaban J connectivity index is 2.83. The monoisotopic (exact) mass is 265 g/mol. The zero-order valence-electron chi connectivity index (χ0n) is 11.4. The quantitative estimate of drug-likeness (QED) is 0.854. The minimum atomic E-state index is -0.925. The van der Waals surface area contributed by atoms with E-state index < -0.39 is 5.97 Å². The molecule has 0 spiro atoms. The highest BCUT2D eigenvalue weighted by molar-refractivity contribution is 5.96. The van der Waals surface area contributed by atoms with Gasteiger partial charge in [-0.2, -0.15) is 0 Å². The van der Waals surface area contributed by atoms with Crippen molar-refractivity contribution in [2.24, 2.45) is 0 Å². The van der Waals surface area contributed by atoms with E-state index in [0.717, 1.165) is 0 Å². The molecule has 0 saturated carbocycles. The van der Waals surface area contributed by atoms with E-state index in [-0.39, 0.29) is 25.0 Å². The molecule has 0 saturated heterocycles. The van der Waals surface area contributed by atoms with Gasteiger partial charge in [0.25, 0.3) is 5.91 Å². The lowest BCUT2D eigenvalue weighted by Crippen LogP contribution is -2.29. The number of para-hydroxylation sites is 1. The lowest BCUT2D eigenvalue weighted by atomic mass is 10.1. The van der Waals surface area contributed by atoms with Gasteiger partial charge in [0.1, 0.15) is 5.75 Å². The second-order valence-electron chi connectivity index (χ2n) is 4.53. The number of amides is 1. The molecule has 0 atom stereocenters. The van der Waals surface area contributed by atoms with Gasteiger partial charge in [-0.25, -0.2) is 0 Å². The van der Waals surface area contributed by atoms with Crippen LogP contribution in [0.5, 0.6) is 5.75 Å². The number of benzene rings is 1. The number of ether oxygens (including phenoxy) is 1. The van der Waals surface area contributed by atoms with Crippen LogP contribution in [-0.2, 0) is 4.79 Å². The lowest BCUT2D eigenvalue weighted by Gasteiger charge is -2.19. The Labute approximate surface area is 112 Å². The molecule has 5 nitrogen and oxygen atoms in total. The molecule has 0 aromatic heterocycles. The van der Waals surface area contributed by atoms with Crippen molar-refractivity contribution in [3.05, 3.63) is 29.8 Å². The van der Waals surface area contributed by atoms with Gasteiger partial charge in [-0.15, -0.1) is 0 Å². The fraction of sp³-hybridized carbons (Fsp3) is 0.429. The van der Waals surface area contributed by atoms with Crippen LogP contribution in [0, 0.1) is 0 Å². The predicted molar refractivity (Wildman–Crippen MR) is 71.4 cm³/mol. The Morgan fingerprint density at radius 2 is 1.95 bits per heavy atom. The lowest BCUT2D eigenvalue weighted by molar-refractivity contribution is -0.137. The number of rotatable bonds is 6. The van der Waals surface area contributed by atoms with Crippen LogP contribution < -0.4 is 4.74 Å². The van der Waals surface area contributed by atoms with Crippen LogP contribution in [0.4, 0.5) is 0 Å². The molecule has 0 unspecified atom stereocenters. The third-order valence-corrected chi connectivity index (χ3v) is 2.49. The van der Waals surface area contributed by atoms with E-state index in [9.17, 15) is 9.59 Å². The van der Waals surface area contributed by atoms with Gasteiger partial charge in [-0.05, 0) is 26.0 Å². The standard InChI is InChI=1S/C14H19NO4/c1-10(2)19-12-7-5-4-6-11(12)14(18)15(3)9-8-13(16)17/h4-7,10H,8-9H2,1-3H3,(H,16,17). The van der Waals surface area contributed by atoms with Crippen molar-refractivity contribution in [1.29, 1.82) is 0 Å². The van der Waals surface area contributed by atoms with E-state index >= 15 is 0 Å². The normalized spacial score (nSPS) is 10.3. The molecule has 1 aromatic rings. The first kappa shape index (κ1) is 15.0. The number of hydrogen-bond acceptors (Lipinski definition) is 3. The fourth-order valence-electron chi connectivity index (χ4n) is 1.57. The smallest absolute Gasteiger partial charge is 0.305 e. The average Bonchev–Trinajstić information content (AvgIpc) is 2.35. The zero-order chi connectivity index (χ0) is 14.4. The highest BCUT2D eigenvalue weighted by Crippen LogP contribution is 2.20. The number of hydrogen-bond donors (Lipinski definition) is 1. The Morgan fingerprint density at radius 1 is 1.32 bits per heavy atom. The average molecular weight is 265 g/mol. The van der Waals surface area contributed by atoms with Gasteiger partial charge in [-0.1, -0.05) is 12.1 Å². The van der Waals surface area contributed by atoms with Gasteiger partial charge in [0, 0.05) is 13.6 Å². The zero-order valence-corrected chi connectivity index (χ0v) is 11.4. The summed E-state index contributed by atoms with van der Waals surface area (Å²) in [6.45, 7) is 3.94. The van der Waals surface area contributed by atoms with E-state index in [1.165, 1.54) is 4.90 Å². The molecule has 0 heterocycles. The summed E-state index contributed by atoms with van der Waals surface area (Å²) in [7, 11) is 1.58. The van der Waals surface area contributed by atoms with Gasteiger partial charge < -0.3 is 14.7 Å². The minimum Gasteiger partial charge on any atom is -0.490 e. The van der Waals surface area contributed by atoms with E-state index in [2.05, 4.69) is 0 Å². The first-order valence-electron chi connectivity index (χ1n) is 6.14. The SMILES string of the molecule is CC(C)Oc1ccccc1C(=O)N(C)CCC(=O)O. The highest BCUT2D eigenvalue weighted by Gasteiger charge is 2.17. The number of nitrogens with zero attached hydrogens (tertiary/aromatic N) is 1. The molecule has 19 heavy (non-hydrogen) atoms. The molecule has 0 bridgehead atoms. The first-order valence-corrected chi connectivity index (χ1v) is 6.14. The molecule has 1 N–H and O–H groups in total. The summed E-state index contributed by atoms with van der Waals surface area (Å²) in [4.78, 5) is 24.1. The molecular weight excluding hydrogens is 246 g/mol. The van der Waals surface area contributed by atoms with Crippen LogP contribution in [0.1, 0.15) is 30.6 Å². The third kappa shape index (κ3) is 4.62. The molecule has 0 radical (unpaired) electrons.